The van der Waals surface area contributed by atoms with Gasteiger partial charge in [-0.05, 0) is 34.5 Å². The number of benzene rings is 1. The zero-order valence-electron chi connectivity index (χ0n) is 9.60. The van der Waals surface area contributed by atoms with Gasteiger partial charge in [0, 0.05) is 18.5 Å². The molecule has 0 N–H and O–H groups in total. The Hall–Kier alpha value is -1.39. The third-order valence-electron chi connectivity index (χ3n) is 2.74. The Labute approximate surface area is 103 Å². The highest BCUT2D eigenvalue weighted by Crippen LogP contribution is 2.35. The monoisotopic (exact) mass is 248 g/mol. The van der Waals surface area contributed by atoms with Gasteiger partial charge in [0.05, 0.1) is 0 Å². The summed E-state index contributed by atoms with van der Waals surface area (Å²) in [5.41, 5.74) is 0.853. The summed E-state index contributed by atoms with van der Waals surface area (Å²) in [6, 6.07) is 7.96. The Morgan fingerprint density at radius 1 is 1.29 bits per heavy atom. The molecule has 4 heteroatoms. The molecule has 1 saturated heterocycles. The van der Waals surface area contributed by atoms with Crippen LogP contribution in [0.5, 0.6) is 0 Å². The average Bonchev–Trinajstić information content (AvgIpc) is 2.81. The number of thiophene rings is 1. The molecule has 0 saturated carbocycles. The highest BCUT2D eigenvalue weighted by atomic mass is 32.1. The molecule has 1 fully saturated rings. The minimum Gasteiger partial charge on any atom is -0.431 e. The quantitative estimate of drug-likeness (QED) is 0.727. The lowest BCUT2D eigenvalue weighted by Crippen LogP contribution is -2.20. The molecule has 1 atom stereocenters. The van der Waals surface area contributed by atoms with Crippen LogP contribution >= 0.6 is 11.3 Å². The third-order valence-corrected chi connectivity index (χ3v) is 3.64. The highest BCUT2D eigenvalue weighted by Gasteiger charge is 2.41. The molecule has 3 nitrogen and oxygen atoms in total. The topological polar surface area (TPSA) is 35.5 Å². The van der Waals surface area contributed by atoms with Crippen LogP contribution in [0.2, 0.25) is 0 Å². The van der Waals surface area contributed by atoms with Crippen LogP contribution in [0, 0.1) is 0 Å². The van der Waals surface area contributed by atoms with E-state index < -0.39 is 11.9 Å². The molecule has 0 aliphatic carbocycles. The molecule has 1 aromatic carbocycles. The van der Waals surface area contributed by atoms with Crippen LogP contribution in [0.4, 0.5) is 0 Å². The van der Waals surface area contributed by atoms with Crippen molar-refractivity contribution in [1.82, 2.24) is 0 Å². The maximum Gasteiger partial charge on any atom is 0.342 e. The van der Waals surface area contributed by atoms with Crippen molar-refractivity contribution < 1.29 is 14.3 Å². The summed E-state index contributed by atoms with van der Waals surface area (Å²) in [4.78, 5) is 11.7. The van der Waals surface area contributed by atoms with Gasteiger partial charge in [-0.1, -0.05) is 6.07 Å². The van der Waals surface area contributed by atoms with Gasteiger partial charge in [0.25, 0.3) is 0 Å². The lowest BCUT2D eigenvalue weighted by molar-refractivity contribution is -0.160. The van der Waals surface area contributed by atoms with Crippen LogP contribution < -0.4 is 0 Å². The first-order valence-electron chi connectivity index (χ1n) is 5.43. The maximum atomic E-state index is 11.7. The molecule has 0 spiro atoms. The van der Waals surface area contributed by atoms with E-state index in [1.165, 1.54) is 4.70 Å². The summed E-state index contributed by atoms with van der Waals surface area (Å²) < 4.78 is 12.0. The van der Waals surface area contributed by atoms with Crippen molar-refractivity contribution in [2.45, 2.75) is 25.7 Å². The number of carbonyl (C=O) groups excluding carboxylic acids is 1. The zero-order chi connectivity index (χ0) is 12.0. The van der Waals surface area contributed by atoms with Gasteiger partial charge < -0.3 is 9.47 Å². The van der Waals surface area contributed by atoms with Gasteiger partial charge in [-0.3, -0.25) is 0 Å². The largest absolute Gasteiger partial charge is 0.431 e. The molecule has 2 aromatic rings. The summed E-state index contributed by atoms with van der Waals surface area (Å²) in [7, 11) is 0. The second-order valence-electron chi connectivity index (χ2n) is 4.54. The summed E-state index contributed by atoms with van der Waals surface area (Å²) >= 11 is 1.68. The molecule has 88 valence electrons. The van der Waals surface area contributed by atoms with E-state index in [1.807, 2.05) is 29.6 Å². The van der Waals surface area contributed by atoms with Crippen LogP contribution in [0.15, 0.2) is 29.6 Å². The normalized spacial score (nSPS) is 22.9. The number of carbonyl (C=O) groups is 1. The summed E-state index contributed by atoms with van der Waals surface area (Å²) in [6.45, 7) is 3.49. The second kappa shape index (κ2) is 3.55. The van der Waals surface area contributed by atoms with Gasteiger partial charge in [-0.25, -0.2) is 4.79 Å². The van der Waals surface area contributed by atoms with Gasteiger partial charge in [-0.2, -0.15) is 0 Å². The highest BCUT2D eigenvalue weighted by molar-refractivity contribution is 7.17. The molecule has 17 heavy (non-hydrogen) atoms. The first-order valence-corrected chi connectivity index (χ1v) is 6.31. The molecule has 1 aliphatic heterocycles. The van der Waals surface area contributed by atoms with E-state index in [4.69, 9.17) is 9.47 Å². The first-order chi connectivity index (χ1) is 8.05. The molecule has 2 heterocycles. The van der Waals surface area contributed by atoms with Crippen molar-refractivity contribution >= 4 is 27.4 Å². The summed E-state index contributed by atoms with van der Waals surface area (Å²) in [5.74, 6) is -1.14. The SMILES string of the molecule is CC1(C)OC(=O)C(c2ccc3sccc3c2)O1. The van der Waals surface area contributed by atoms with Crippen LogP contribution in [0.25, 0.3) is 10.1 Å². The number of ether oxygens (including phenoxy) is 2. The van der Waals surface area contributed by atoms with E-state index in [0.717, 1.165) is 10.9 Å². The van der Waals surface area contributed by atoms with Gasteiger partial charge in [0.2, 0.25) is 5.79 Å². The van der Waals surface area contributed by atoms with E-state index >= 15 is 0 Å². The Balaban J connectivity index is 2.01. The fourth-order valence-electron chi connectivity index (χ4n) is 2.00. The fourth-order valence-corrected chi connectivity index (χ4v) is 2.78. The van der Waals surface area contributed by atoms with E-state index in [2.05, 4.69) is 0 Å². The number of cyclic esters (lactones) is 1. The van der Waals surface area contributed by atoms with Crippen LogP contribution in [0.1, 0.15) is 25.5 Å². The van der Waals surface area contributed by atoms with Crippen molar-refractivity contribution in [3.8, 4) is 0 Å². The predicted octanol–water partition coefficient (Wildman–Crippen LogP) is 3.25. The van der Waals surface area contributed by atoms with E-state index in [-0.39, 0.29) is 5.97 Å². The standard InChI is InChI=1S/C13H12O3S/c1-13(2)15-11(12(14)16-13)9-3-4-10-8(7-9)5-6-17-10/h3-7,11H,1-2H3. The lowest BCUT2D eigenvalue weighted by Gasteiger charge is -2.15. The maximum absolute atomic E-state index is 11.7. The molecule has 0 bridgehead atoms. The lowest BCUT2D eigenvalue weighted by atomic mass is 10.1. The number of esters is 1. The van der Waals surface area contributed by atoms with Gasteiger partial charge in [-0.15, -0.1) is 11.3 Å². The molecule has 0 amide bonds. The smallest absolute Gasteiger partial charge is 0.342 e. The Morgan fingerprint density at radius 3 is 2.82 bits per heavy atom. The molecular weight excluding hydrogens is 236 g/mol. The van der Waals surface area contributed by atoms with Crippen LogP contribution in [-0.2, 0) is 14.3 Å². The molecule has 3 rings (SSSR count). The summed E-state index contributed by atoms with van der Waals surface area (Å²) in [5, 5.41) is 3.17. The summed E-state index contributed by atoms with van der Waals surface area (Å²) in [6.07, 6.45) is -0.603. The zero-order valence-corrected chi connectivity index (χ0v) is 10.4. The number of hydrogen-bond acceptors (Lipinski definition) is 4. The number of rotatable bonds is 1. The van der Waals surface area contributed by atoms with Crippen molar-refractivity contribution in [1.29, 1.82) is 0 Å². The van der Waals surface area contributed by atoms with E-state index in [0.29, 0.717) is 0 Å². The van der Waals surface area contributed by atoms with Crippen LogP contribution in [-0.4, -0.2) is 11.8 Å². The van der Waals surface area contributed by atoms with Gasteiger partial charge in [0.15, 0.2) is 6.10 Å². The third kappa shape index (κ3) is 1.83. The Bertz CT molecular complexity index is 585. The molecular formula is C13H12O3S. The van der Waals surface area contributed by atoms with Crippen molar-refractivity contribution in [2.24, 2.45) is 0 Å². The van der Waals surface area contributed by atoms with Crippen molar-refractivity contribution in [2.75, 3.05) is 0 Å². The Morgan fingerprint density at radius 2 is 2.12 bits per heavy atom. The predicted molar refractivity (Wildman–Crippen MR) is 65.8 cm³/mol. The molecule has 0 radical (unpaired) electrons. The van der Waals surface area contributed by atoms with Crippen LogP contribution in [0.3, 0.4) is 0 Å². The van der Waals surface area contributed by atoms with Gasteiger partial charge in [0.1, 0.15) is 0 Å². The number of fused-ring (bicyclic) bond motifs is 1. The van der Waals surface area contributed by atoms with Gasteiger partial charge >= 0.3 is 5.97 Å². The van der Waals surface area contributed by atoms with Crippen molar-refractivity contribution in [3.63, 3.8) is 0 Å². The number of hydrogen-bond donors (Lipinski definition) is 0. The Kier molecular flexibility index (Phi) is 2.24. The molecule has 1 aromatic heterocycles. The first kappa shape index (κ1) is 10.7. The second-order valence-corrected chi connectivity index (χ2v) is 5.48. The minimum absolute atomic E-state index is 0.315. The minimum atomic E-state index is -0.828. The molecule has 1 aliphatic rings. The molecule has 1 unspecified atom stereocenters. The average molecular weight is 248 g/mol. The van der Waals surface area contributed by atoms with Crippen molar-refractivity contribution in [3.05, 3.63) is 35.2 Å². The fraction of sp³-hybridized carbons (Fsp3) is 0.308. The van der Waals surface area contributed by atoms with E-state index in [9.17, 15) is 4.79 Å². The van der Waals surface area contributed by atoms with E-state index in [1.54, 1.807) is 25.2 Å².